The van der Waals surface area contributed by atoms with Crippen LogP contribution in [0.25, 0.3) is 0 Å². The maximum atomic E-state index is 10.1. The average Bonchev–Trinajstić information content (AvgIpc) is 2.81. The third kappa shape index (κ3) is 9.77. The molecular formula is C27H41Br2ClN2O3. The van der Waals surface area contributed by atoms with Gasteiger partial charge in [-0.05, 0) is 100 Å². The van der Waals surface area contributed by atoms with E-state index in [4.69, 9.17) is 11.6 Å². The van der Waals surface area contributed by atoms with Gasteiger partial charge in [0.2, 0.25) is 0 Å². The van der Waals surface area contributed by atoms with Gasteiger partial charge in [-0.3, -0.25) is 0 Å². The quantitative estimate of drug-likeness (QED) is 0.148. The van der Waals surface area contributed by atoms with E-state index >= 15 is 0 Å². The van der Waals surface area contributed by atoms with Crippen LogP contribution in [0.1, 0.15) is 62.1 Å². The molecule has 1 aliphatic carbocycles. The van der Waals surface area contributed by atoms with Crippen LogP contribution in [0.3, 0.4) is 0 Å². The molecule has 0 aliphatic heterocycles. The second-order valence-electron chi connectivity index (χ2n) is 9.20. The van der Waals surface area contributed by atoms with Gasteiger partial charge in [-0.25, -0.2) is 0 Å². The summed E-state index contributed by atoms with van der Waals surface area (Å²) in [7, 11) is 0. The summed E-state index contributed by atoms with van der Waals surface area (Å²) >= 11 is 5.96. The Hall–Kier alpha value is -0.990. The summed E-state index contributed by atoms with van der Waals surface area (Å²) in [6.07, 6.45) is 9.78. The molecule has 8 heteroatoms. The van der Waals surface area contributed by atoms with Crippen molar-refractivity contribution in [2.75, 3.05) is 26.2 Å². The van der Waals surface area contributed by atoms with Crippen LogP contribution < -0.4 is 5.32 Å². The van der Waals surface area contributed by atoms with Crippen LogP contribution in [-0.4, -0.2) is 52.4 Å². The van der Waals surface area contributed by atoms with E-state index < -0.39 is 0 Å². The first-order chi connectivity index (χ1) is 16.0. The smallest absolute Gasteiger partial charge is 0.160 e. The molecule has 2 aromatic carbocycles. The lowest BCUT2D eigenvalue weighted by atomic mass is 9.86. The van der Waals surface area contributed by atoms with Crippen LogP contribution in [0.4, 0.5) is 0 Å². The zero-order chi connectivity index (χ0) is 23.6. The van der Waals surface area contributed by atoms with Gasteiger partial charge in [0.05, 0.1) is 5.02 Å². The van der Waals surface area contributed by atoms with Crippen molar-refractivity contribution in [3.8, 4) is 17.2 Å². The van der Waals surface area contributed by atoms with Gasteiger partial charge < -0.3 is 25.5 Å². The van der Waals surface area contributed by atoms with Crippen molar-refractivity contribution in [1.82, 2.24) is 10.2 Å². The highest BCUT2D eigenvalue weighted by Crippen LogP contribution is 2.36. The van der Waals surface area contributed by atoms with E-state index in [0.29, 0.717) is 11.1 Å². The summed E-state index contributed by atoms with van der Waals surface area (Å²) in [5.74, 6) is 0.212. The molecule has 1 unspecified atom stereocenters. The number of phenols is 3. The molecule has 0 saturated carbocycles. The predicted molar refractivity (Wildman–Crippen MR) is 156 cm³/mol. The normalized spacial score (nSPS) is 14.8. The van der Waals surface area contributed by atoms with Crippen LogP contribution in [0.15, 0.2) is 30.3 Å². The van der Waals surface area contributed by atoms with E-state index in [1.807, 2.05) is 18.2 Å². The van der Waals surface area contributed by atoms with Crippen LogP contribution in [-0.2, 0) is 19.3 Å². The first-order valence-corrected chi connectivity index (χ1v) is 12.8. The number of hydrogen-bond acceptors (Lipinski definition) is 5. The summed E-state index contributed by atoms with van der Waals surface area (Å²) in [4.78, 5) is 2.63. The molecule has 198 valence electrons. The molecule has 2 aromatic rings. The standard InChI is InChI=1S/C27H39ClN2O3.2BrH/c1-2-16-30(22-9-10-23-21(19-22)8-12-26(32)27(23)33)17-6-4-3-5-14-29-15-13-20-7-11-25(31)24(28)18-20;;/h7-8,11-12,18,22,29,31-33H,2-6,9-10,13-17,19H2,1H3;2*1H. The highest BCUT2D eigenvalue weighted by Gasteiger charge is 2.26. The molecule has 0 amide bonds. The number of phenolic OH excluding ortho intramolecular Hbond substituents is 3. The number of unbranched alkanes of at least 4 members (excludes halogenated alkanes) is 3. The van der Waals surface area contributed by atoms with Gasteiger partial charge in [-0.15, -0.1) is 34.0 Å². The van der Waals surface area contributed by atoms with E-state index in [1.54, 1.807) is 12.1 Å². The van der Waals surface area contributed by atoms with Crippen LogP contribution in [0.2, 0.25) is 5.02 Å². The van der Waals surface area contributed by atoms with Gasteiger partial charge in [0.15, 0.2) is 11.5 Å². The summed E-state index contributed by atoms with van der Waals surface area (Å²) in [5, 5.41) is 33.3. The lowest BCUT2D eigenvalue weighted by molar-refractivity contribution is 0.175. The summed E-state index contributed by atoms with van der Waals surface area (Å²) in [6.45, 7) is 6.44. The van der Waals surface area contributed by atoms with Crippen molar-refractivity contribution in [1.29, 1.82) is 0 Å². The first-order valence-electron chi connectivity index (χ1n) is 12.4. The molecule has 35 heavy (non-hydrogen) atoms. The van der Waals surface area contributed by atoms with Gasteiger partial charge in [0.1, 0.15) is 5.75 Å². The fourth-order valence-electron chi connectivity index (χ4n) is 4.86. The largest absolute Gasteiger partial charge is 0.506 e. The topological polar surface area (TPSA) is 76.0 Å². The van der Waals surface area contributed by atoms with Gasteiger partial charge >= 0.3 is 0 Å². The van der Waals surface area contributed by atoms with Crippen LogP contribution in [0, 0.1) is 0 Å². The summed E-state index contributed by atoms with van der Waals surface area (Å²) in [5.41, 5.74) is 3.26. The second kappa shape index (κ2) is 16.7. The number of benzene rings is 2. The molecule has 3 rings (SSSR count). The van der Waals surface area contributed by atoms with E-state index in [9.17, 15) is 15.3 Å². The Bertz CT molecular complexity index is 901. The SMILES string of the molecule is Br.Br.CCCN(CCCCCCNCCc1ccc(O)c(Cl)c1)C1CCc2c(ccc(O)c2O)C1. The van der Waals surface area contributed by atoms with Gasteiger partial charge in [-0.2, -0.15) is 0 Å². The highest BCUT2D eigenvalue weighted by molar-refractivity contribution is 8.93. The molecule has 0 bridgehead atoms. The number of aromatic hydroxyl groups is 3. The van der Waals surface area contributed by atoms with Crippen molar-refractivity contribution in [3.05, 3.63) is 52.0 Å². The zero-order valence-corrected chi connectivity index (χ0v) is 24.8. The van der Waals surface area contributed by atoms with Crippen LogP contribution in [0.5, 0.6) is 17.2 Å². The van der Waals surface area contributed by atoms with Crippen molar-refractivity contribution in [2.45, 2.75) is 70.8 Å². The Morgan fingerprint density at radius 3 is 2.43 bits per heavy atom. The van der Waals surface area contributed by atoms with Crippen molar-refractivity contribution in [3.63, 3.8) is 0 Å². The molecule has 0 radical (unpaired) electrons. The first kappa shape index (κ1) is 32.0. The lowest BCUT2D eigenvalue weighted by Gasteiger charge is -2.35. The Kier molecular flexibility index (Phi) is 15.3. The Morgan fingerprint density at radius 1 is 0.943 bits per heavy atom. The Balaban J connectivity index is 0.00000306. The van der Waals surface area contributed by atoms with Gasteiger partial charge in [0.25, 0.3) is 0 Å². The average molecular weight is 637 g/mol. The molecular weight excluding hydrogens is 596 g/mol. The number of fused-ring (bicyclic) bond motifs is 1. The second-order valence-corrected chi connectivity index (χ2v) is 9.61. The molecule has 4 N–H and O–H groups in total. The summed E-state index contributed by atoms with van der Waals surface area (Å²) < 4.78 is 0. The zero-order valence-electron chi connectivity index (χ0n) is 20.6. The molecule has 0 fully saturated rings. The molecule has 0 spiro atoms. The van der Waals surface area contributed by atoms with Crippen LogP contribution >= 0.6 is 45.6 Å². The monoisotopic (exact) mass is 634 g/mol. The molecule has 1 atom stereocenters. The number of nitrogens with one attached hydrogen (secondary N) is 1. The third-order valence-electron chi connectivity index (χ3n) is 6.72. The fraction of sp³-hybridized carbons (Fsp3) is 0.556. The maximum absolute atomic E-state index is 10.1. The van der Waals surface area contributed by atoms with Crippen molar-refractivity contribution in [2.24, 2.45) is 0 Å². The number of hydrogen-bond donors (Lipinski definition) is 4. The van der Waals surface area contributed by atoms with Crippen molar-refractivity contribution < 1.29 is 15.3 Å². The Morgan fingerprint density at radius 2 is 1.69 bits per heavy atom. The number of nitrogens with zero attached hydrogens (tertiary/aromatic N) is 1. The Labute approximate surface area is 236 Å². The highest BCUT2D eigenvalue weighted by atomic mass is 79.9. The molecule has 0 saturated heterocycles. The number of halogens is 3. The van der Waals surface area contributed by atoms with E-state index in [0.717, 1.165) is 69.4 Å². The van der Waals surface area contributed by atoms with Gasteiger partial charge in [0, 0.05) is 11.6 Å². The molecule has 0 heterocycles. The molecule has 0 aromatic heterocycles. The lowest BCUT2D eigenvalue weighted by Crippen LogP contribution is -2.40. The van der Waals surface area contributed by atoms with E-state index in [2.05, 4.69) is 17.1 Å². The molecule has 5 nitrogen and oxygen atoms in total. The van der Waals surface area contributed by atoms with Crippen molar-refractivity contribution >= 4 is 45.6 Å². The minimum Gasteiger partial charge on any atom is -0.506 e. The van der Waals surface area contributed by atoms with E-state index in [-0.39, 0.29) is 51.2 Å². The third-order valence-corrected chi connectivity index (χ3v) is 7.02. The minimum atomic E-state index is -0.00291. The van der Waals surface area contributed by atoms with Gasteiger partial charge in [-0.1, -0.05) is 43.5 Å². The fourth-order valence-corrected chi connectivity index (χ4v) is 5.06. The minimum absolute atomic E-state index is 0. The maximum Gasteiger partial charge on any atom is 0.160 e. The van der Waals surface area contributed by atoms with E-state index in [1.165, 1.54) is 31.2 Å². The predicted octanol–water partition coefficient (Wildman–Crippen LogP) is 6.57. The molecule has 1 aliphatic rings. The summed E-state index contributed by atoms with van der Waals surface area (Å²) in [6, 6.07) is 9.52. The number of rotatable bonds is 13.